The second-order valence-electron chi connectivity index (χ2n) is 8.66. The Balaban J connectivity index is 1.65. The lowest BCUT2D eigenvalue weighted by atomic mass is 9.98. The van der Waals surface area contributed by atoms with Gasteiger partial charge in [-0.05, 0) is 44.2 Å². The number of rotatable bonds is 10. The molecule has 176 valence electrons. The lowest BCUT2D eigenvalue weighted by molar-refractivity contribution is -0.153. The van der Waals surface area contributed by atoms with Gasteiger partial charge in [0.15, 0.2) is 0 Å². The number of carbonyl (C=O) groups excluding carboxylic acids is 3. The molecule has 1 aliphatic carbocycles. The second kappa shape index (κ2) is 12.5. The zero-order valence-electron chi connectivity index (χ0n) is 19.1. The van der Waals surface area contributed by atoms with Gasteiger partial charge in [0, 0.05) is 13.1 Å². The van der Waals surface area contributed by atoms with Crippen LogP contribution in [0.25, 0.3) is 0 Å². The molecular weight excluding hydrogens is 408 g/mol. The van der Waals surface area contributed by atoms with E-state index in [1.807, 2.05) is 6.07 Å². The van der Waals surface area contributed by atoms with Crippen LogP contribution in [-0.2, 0) is 14.3 Å². The zero-order valence-corrected chi connectivity index (χ0v) is 19.1. The standard InChI is InChI=1S/C25H36N2O5/c1-2-3-4-10-17-31-22-14-9-8-13-20(22)25(30)27-16-15-26-24(29)21(27)18-23(28)32-19-11-6-5-7-12-19/h8-9,13-14,19,21H,2-7,10-12,15-18H2,1H3,(H,26,29). The van der Waals surface area contributed by atoms with E-state index in [0.29, 0.717) is 31.0 Å². The van der Waals surface area contributed by atoms with E-state index in [4.69, 9.17) is 9.47 Å². The summed E-state index contributed by atoms with van der Waals surface area (Å²) in [5.74, 6) is -0.511. The van der Waals surface area contributed by atoms with Crippen LogP contribution in [0.5, 0.6) is 5.75 Å². The highest BCUT2D eigenvalue weighted by Crippen LogP contribution is 2.24. The average molecular weight is 445 g/mol. The number of hydrogen-bond acceptors (Lipinski definition) is 5. The van der Waals surface area contributed by atoms with E-state index in [0.717, 1.165) is 51.4 Å². The molecule has 1 aromatic carbocycles. The molecule has 3 rings (SSSR count). The summed E-state index contributed by atoms with van der Waals surface area (Å²) in [6.07, 6.45) is 9.14. The maximum Gasteiger partial charge on any atom is 0.308 e. The lowest BCUT2D eigenvalue weighted by Gasteiger charge is -2.35. The highest BCUT2D eigenvalue weighted by Gasteiger charge is 2.37. The first-order chi connectivity index (χ1) is 15.6. The molecule has 2 fully saturated rings. The minimum absolute atomic E-state index is 0.0751. The summed E-state index contributed by atoms with van der Waals surface area (Å²) in [5, 5.41) is 2.77. The molecule has 2 amide bonds. The summed E-state index contributed by atoms with van der Waals surface area (Å²) in [4.78, 5) is 40.0. The number of para-hydroxylation sites is 1. The average Bonchev–Trinajstić information content (AvgIpc) is 2.81. The number of amides is 2. The van der Waals surface area contributed by atoms with Crippen molar-refractivity contribution in [3.8, 4) is 5.75 Å². The van der Waals surface area contributed by atoms with Crippen molar-refractivity contribution >= 4 is 17.8 Å². The summed E-state index contributed by atoms with van der Waals surface area (Å²) in [5.41, 5.74) is 0.420. The SMILES string of the molecule is CCCCCCOc1ccccc1C(=O)N1CCNC(=O)C1CC(=O)OC1CCCCC1. The molecule has 7 heteroatoms. The quantitative estimate of drug-likeness (QED) is 0.438. The number of carbonyl (C=O) groups is 3. The summed E-state index contributed by atoms with van der Waals surface area (Å²) in [7, 11) is 0. The molecule has 0 spiro atoms. The molecule has 0 aromatic heterocycles. The van der Waals surface area contributed by atoms with Gasteiger partial charge >= 0.3 is 5.97 Å². The van der Waals surface area contributed by atoms with Crippen molar-refractivity contribution in [2.24, 2.45) is 0 Å². The monoisotopic (exact) mass is 444 g/mol. The van der Waals surface area contributed by atoms with Crippen LogP contribution >= 0.6 is 0 Å². The third kappa shape index (κ3) is 6.71. The van der Waals surface area contributed by atoms with Crippen molar-refractivity contribution < 1.29 is 23.9 Å². The number of piperazine rings is 1. The van der Waals surface area contributed by atoms with Crippen LogP contribution in [0, 0.1) is 0 Å². The molecular formula is C25H36N2O5. The molecule has 7 nitrogen and oxygen atoms in total. The van der Waals surface area contributed by atoms with Gasteiger partial charge in [0.05, 0.1) is 18.6 Å². The van der Waals surface area contributed by atoms with Gasteiger partial charge in [-0.1, -0.05) is 44.7 Å². The van der Waals surface area contributed by atoms with Crippen molar-refractivity contribution in [3.63, 3.8) is 0 Å². The molecule has 1 atom stereocenters. The number of esters is 1. The molecule has 0 bridgehead atoms. The Morgan fingerprint density at radius 2 is 1.88 bits per heavy atom. The summed E-state index contributed by atoms with van der Waals surface area (Å²) in [6, 6.07) is 6.25. The molecule has 1 unspecified atom stereocenters. The van der Waals surface area contributed by atoms with E-state index in [1.54, 1.807) is 18.2 Å². The number of ether oxygens (including phenoxy) is 2. The molecule has 1 saturated heterocycles. The maximum atomic E-state index is 13.4. The van der Waals surface area contributed by atoms with Crippen molar-refractivity contribution in [3.05, 3.63) is 29.8 Å². The van der Waals surface area contributed by atoms with Crippen molar-refractivity contribution in [2.45, 2.75) is 83.3 Å². The van der Waals surface area contributed by atoms with Crippen LogP contribution < -0.4 is 10.1 Å². The number of unbranched alkanes of at least 4 members (excludes halogenated alkanes) is 3. The number of hydrogen-bond donors (Lipinski definition) is 1. The molecule has 0 radical (unpaired) electrons. The van der Waals surface area contributed by atoms with Gasteiger partial charge in [0.2, 0.25) is 5.91 Å². The summed E-state index contributed by atoms with van der Waals surface area (Å²) in [6.45, 7) is 3.41. The highest BCUT2D eigenvalue weighted by atomic mass is 16.5. The summed E-state index contributed by atoms with van der Waals surface area (Å²) < 4.78 is 11.5. The van der Waals surface area contributed by atoms with E-state index < -0.39 is 12.0 Å². The Hall–Kier alpha value is -2.57. The van der Waals surface area contributed by atoms with Crippen LogP contribution in [0.4, 0.5) is 0 Å². The minimum Gasteiger partial charge on any atom is -0.493 e. The number of nitrogens with one attached hydrogen (secondary N) is 1. The predicted molar refractivity (Wildman–Crippen MR) is 121 cm³/mol. The van der Waals surface area contributed by atoms with E-state index in [2.05, 4.69) is 12.2 Å². The highest BCUT2D eigenvalue weighted by molar-refractivity contribution is 6.01. The minimum atomic E-state index is -0.870. The fraction of sp³-hybridized carbons (Fsp3) is 0.640. The van der Waals surface area contributed by atoms with Gasteiger partial charge < -0.3 is 19.7 Å². The maximum absolute atomic E-state index is 13.4. The fourth-order valence-corrected chi connectivity index (χ4v) is 4.37. The molecule has 32 heavy (non-hydrogen) atoms. The van der Waals surface area contributed by atoms with Crippen molar-refractivity contribution in [1.82, 2.24) is 10.2 Å². The van der Waals surface area contributed by atoms with Gasteiger partial charge in [-0.15, -0.1) is 0 Å². The first kappa shape index (κ1) is 24.1. The number of nitrogens with zero attached hydrogens (tertiary/aromatic N) is 1. The fourth-order valence-electron chi connectivity index (χ4n) is 4.37. The molecule has 2 aliphatic rings. The predicted octanol–water partition coefficient (Wildman–Crippen LogP) is 3.85. The van der Waals surface area contributed by atoms with Crippen LogP contribution in [0.1, 0.15) is 81.5 Å². The Morgan fingerprint density at radius 3 is 2.66 bits per heavy atom. The second-order valence-corrected chi connectivity index (χ2v) is 8.66. The Labute approximate surface area is 190 Å². The molecule has 1 aromatic rings. The molecule has 1 heterocycles. The van der Waals surface area contributed by atoms with Crippen molar-refractivity contribution in [1.29, 1.82) is 0 Å². The molecule has 1 N–H and O–H groups in total. The van der Waals surface area contributed by atoms with E-state index >= 15 is 0 Å². The topological polar surface area (TPSA) is 84.9 Å². The third-order valence-corrected chi connectivity index (χ3v) is 6.17. The Kier molecular flexibility index (Phi) is 9.38. The van der Waals surface area contributed by atoms with Gasteiger partial charge in [-0.25, -0.2) is 0 Å². The number of benzene rings is 1. The van der Waals surface area contributed by atoms with Crippen LogP contribution in [0.2, 0.25) is 0 Å². The van der Waals surface area contributed by atoms with Gasteiger partial charge in [-0.2, -0.15) is 0 Å². The normalized spacial score (nSPS) is 19.3. The third-order valence-electron chi connectivity index (χ3n) is 6.17. The van der Waals surface area contributed by atoms with E-state index in [9.17, 15) is 14.4 Å². The largest absolute Gasteiger partial charge is 0.493 e. The van der Waals surface area contributed by atoms with Crippen molar-refractivity contribution in [2.75, 3.05) is 19.7 Å². The Morgan fingerprint density at radius 1 is 1.09 bits per heavy atom. The van der Waals surface area contributed by atoms with Crippen LogP contribution in [0.15, 0.2) is 24.3 Å². The first-order valence-corrected chi connectivity index (χ1v) is 12.1. The smallest absolute Gasteiger partial charge is 0.308 e. The molecule has 1 aliphatic heterocycles. The van der Waals surface area contributed by atoms with Crippen LogP contribution in [-0.4, -0.2) is 54.5 Å². The first-order valence-electron chi connectivity index (χ1n) is 12.1. The zero-order chi connectivity index (χ0) is 22.8. The van der Waals surface area contributed by atoms with Gasteiger partial charge in [-0.3, -0.25) is 14.4 Å². The van der Waals surface area contributed by atoms with Crippen LogP contribution in [0.3, 0.4) is 0 Å². The van der Waals surface area contributed by atoms with Gasteiger partial charge in [0.1, 0.15) is 17.9 Å². The lowest BCUT2D eigenvalue weighted by Crippen LogP contribution is -2.58. The molecule has 1 saturated carbocycles. The van der Waals surface area contributed by atoms with E-state index in [1.165, 1.54) is 11.3 Å². The van der Waals surface area contributed by atoms with Gasteiger partial charge in [0.25, 0.3) is 5.91 Å². The Bertz CT molecular complexity index is 775. The summed E-state index contributed by atoms with van der Waals surface area (Å²) >= 11 is 0. The van der Waals surface area contributed by atoms with E-state index in [-0.39, 0.29) is 24.3 Å².